The van der Waals surface area contributed by atoms with Gasteiger partial charge < -0.3 is 10.1 Å². The molecule has 3 rings (SSSR count). The van der Waals surface area contributed by atoms with Gasteiger partial charge in [-0.15, -0.1) is 11.3 Å². The molecule has 0 saturated heterocycles. The van der Waals surface area contributed by atoms with Crippen molar-refractivity contribution in [3.05, 3.63) is 11.6 Å². The van der Waals surface area contributed by atoms with E-state index in [-0.39, 0.29) is 17.2 Å². The van der Waals surface area contributed by atoms with Gasteiger partial charge in [0.05, 0.1) is 6.10 Å². The first-order valence-corrected chi connectivity index (χ1v) is 9.11. The number of nitrogens with zero attached hydrogens (tertiary/aromatic N) is 2. The van der Waals surface area contributed by atoms with Crippen LogP contribution in [0.2, 0.25) is 0 Å². The summed E-state index contributed by atoms with van der Waals surface area (Å²) < 4.78 is 35.2. The summed E-state index contributed by atoms with van der Waals surface area (Å²) in [5.41, 5.74) is 0. The maximum atomic E-state index is 12.7. The van der Waals surface area contributed by atoms with Crippen LogP contribution in [0.15, 0.2) is 16.6 Å². The van der Waals surface area contributed by atoms with Crippen molar-refractivity contribution in [2.75, 3.05) is 19.5 Å². The third kappa shape index (κ3) is 2.54. The molecule has 1 aliphatic rings. The monoisotopic (exact) mass is 330 g/mol. The molecule has 2 aromatic heterocycles. The standard InChI is InChI=1S/C12H18N4O3S2/c1-13-10-11(16-6-7-20-12(16)14-10)21(17,18)15-8-4-3-5-9(8)19-2/h6-9,13,15H,3-5H2,1-2H3. The van der Waals surface area contributed by atoms with Gasteiger partial charge in [-0.05, 0) is 19.3 Å². The zero-order chi connectivity index (χ0) is 15.0. The Balaban J connectivity index is 1.98. The minimum absolute atomic E-state index is 0.0660. The Hall–Kier alpha value is -1.16. The number of methoxy groups -OCH3 is 1. The summed E-state index contributed by atoms with van der Waals surface area (Å²) >= 11 is 1.40. The number of nitrogens with one attached hydrogen (secondary N) is 2. The fourth-order valence-electron chi connectivity index (χ4n) is 2.78. The lowest BCUT2D eigenvalue weighted by Crippen LogP contribution is -2.41. The summed E-state index contributed by atoms with van der Waals surface area (Å²) in [6.45, 7) is 0. The van der Waals surface area contributed by atoms with Crippen LogP contribution in [-0.4, -0.2) is 44.1 Å². The van der Waals surface area contributed by atoms with Crippen molar-refractivity contribution in [3.63, 3.8) is 0 Å². The summed E-state index contributed by atoms with van der Waals surface area (Å²) in [5, 5.41) is 4.82. The molecule has 0 aliphatic heterocycles. The van der Waals surface area contributed by atoms with Gasteiger partial charge in [-0.25, -0.2) is 18.1 Å². The molecule has 2 heterocycles. The van der Waals surface area contributed by atoms with E-state index in [0.717, 1.165) is 19.3 Å². The number of imidazole rings is 1. The van der Waals surface area contributed by atoms with E-state index < -0.39 is 10.0 Å². The van der Waals surface area contributed by atoms with Crippen LogP contribution in [0.3, 0.4) is 0 Å². The highest BCUT2D eigenvalue weighted by atomic mass is 32.2. The van der Waals surface area contributed by atoms with Crippen LogP contribution in [0.1, 0.15) is 19.3 Å². The summed E-state index contributed by atoms with van der Waals surface area (Å²) in [5.74, 6) is 0.362. The van der Waals surface area contributed by atoms with Crippen LogP contribution in [0.4, 0.5) is 5.82 Å². The third-order valence-corrected chi connectivity index (χ3v) is 6.04. The van der Waals surface area contributed by atoms with E-state index in [9.17, 15) is 8.42 Å². The lowest BCUT2D eigenvalue weighted by Gasteiger charge is -2.19. The van der Waals surface area contributed by atoms with Crippen molar-refractivity contribution in [1.29, 1.82) is 0 Å². The van der Waals surface area contributed by atoms with Gasteiger partial charge in [0, 0.05) is 31.8 Å². The molecule has 9 heteroatoms. The van der Waals surface area contributed by atoms with Crippen LogP contribution in [0.25, 0.3) is 4.96 Å². The number of anilines is 1. The number of rotatable bonds is 5. The first-order valence-electron chi connectivity index (χ1n) is 6.75. The molecule has 1 aliphatic carbocycles. The molecule has 21 heavy (non-hydrogen) atoms. The van der Waals surface area contributed by atoms with Crippen LogP contribution in [-0.2, 0) is 14.8 Å². The molecule has 0 radical (unpaired) electrons. The number of fused-ring (bicyclic) bond motifs is 1. The highest BCUT2D eigenvalue weighted by Gasteiger charge is 2.34. The Morgan fingerprint density at radius 3 is 3.00 bits per heavy atom. The lowest BCUT2D eigenvalue weighted by molar-refractivity contribution is 0.0916. The SMILES string of the molecule is CNc1nc2sccn2c1S(=O)(=O)NC1CCCC1OC. The number of hydrogen-bond donors (Lipinski definition) is 2. The molecule has 7 nitrogen and oxygen atoms in total. The lowest BCUT2D eigenvalue weighted by atomic mass is 10.2. The molecule has 2 N–H and O–H groups in total. The van der Waals surface area contributed by atoms with E-state index in [1.165, 1.54) is 11.3 Å². The van der Waals surface area contributed by atoms with Crippen molar-refractivity contribution in [3.8, 4) is 0 Å². The largest absolute Gasteiger partial charge is 0.380 e. The Kier molecular flexibility index (Phi) is 3.91. The molecule has 0 aromatic carbocycles. The van der Waals surface area contributed by atoms with Crippen LogP contribution >= 0.6 is 11.3 Å². The van der Waals surface area contributed by atoms with Crippen molar-refractivity contribution >= 4 is 32.1 Å². The average molecular weight is 330 g/mol. The smallest absolute Gasteiger partial charge is 0.260 e. The van der Waals surface area contributed by atoms with E-state index in [1.54, 1.807) is 24.8 Å². The molecule has 2 aromatic rings. The fraction of sp³-hybridized carbons (Fsp3) is 0.583. The summed E-state index contributed by atoms with van der Waals surface area (Å²) in [6, 6.07) is -0.186. The van der Waals surface area contributed by atoms with E-state index in [2.05, 4.69) is 15.0 Å². The normalized spacial score (nSPS) is 23.0. The molecular weight excluding hydrogens is 312 g/mol. The van der Waals surface area contributed by atoms with Gasteiger partial charge in [0.15, 0.2) is 15.8 Å². The van der Waals surface area contributed by atoms with Gasteiger partial charge in [-0.1, -0.05) is 0 Å². The highest BCUT2D eigenvalue weighted by molar-refractivity contribution is 7.89. The summed E-state index contributed by atoms with van der Waals surface area (Å²) in [4.78, 5) is 4.94. The van der Waals surface area contributed by atoms with Crippen molar-refractivity contribution in [2.45, 2.75) is 36.4 Å². The number of ether oxygens (including phenoxy) is 1. The molecule has 2 atom stereocenters. The average Bonchev–Trinajstić information content (AvgIpc) is 3.11. The summed E-state index contributed by atoms with van der Waals surface area (Å²) in [7, 11) is -0.385. The fourth-order valence-corrected chi connectivity index (χ4v) is 5.14. The van der Waals surface area contributed by atoms with Crippen molar-refractivity contribution in [2.24, 2.45) is 0 Å². The van der Waals surface area contributed by atoms with Crippen molar-refractivity contribution < 1.29 is 13.2 Å². The maximum absolute atomic E-state index is 12.7. The van der Waals surface area contributed by atoms with Crippen LogP contribution < -0.4 is 10.0 Å². The Morgan fingerprint density at radius 2 is 2.29 bits per heavy atom. The van der Waals surface area contributed by atoms with E-state index in [0.29, 0.717) is 10.8 Å². The van der Waals surface area contributed by atoms with Crippen LogP contribution in [0, 0.1) is 0 Å². The number of hydrogen-bond acceptors (Lipinski definition) is 6. The van der Waals surface area contributed by atoms with Gasteiger partial charge in [0.25, 0.3) is 10.0 Å². The molecule has 2 unspecified atom stereocenters. The third-order valence-electron chi connectivity index (χ3n) is 3.77. The van der Waals surface area contributed by atoms with Gasteiger partial charge in [0.2, 0.25) is 0 Å². The van der Waals surface area contributed by atoms with E-state index >= 15 is 0 Å². The molecule has 0 bridgehead atoms. The first kappa shape index (κ1) is 14.8. The molecule has 0 amide bonds. The van der Waals surface area contributed by atoms with Gasteiger partial charge in [-0.2, -0.15) is 0 Å². The van der Waals surface area contributed by atoms with E-state index in [1.807, 2.05) is 5.38 Å². The zero-order valence-corrected chi connectivity index (χ0v) is 13.5. The number of sulfonamides is 1. The zero-order valence-electron chi connectivity index (χ0n) is 11.9. The Labute approximate surface area is 127 Å². The van der Waals surface area contributed by atoms with Gasteiger partial charge in [0.1, 0.15) is 0 Å². The molecule has 1 saturated carbocycles. The molecular formula is C12H18N4O3S2. The number of aromatic nitrogens is 2. The first-order chi connectivity index (χ1) is 10.1. The van der Waals surface area contributed by atoms with Gasteiger partial charge >= 0.3 is 0 Å². The number of thiazole rings is 1. The second-order valence-corrected chi connectivity index (χ2v) is 7.51. The summed E-state index contributed by atoms with van der Waals surface area (Å²) in [6.07, 6.45) is 4.28. The van der Waals surface area contributed by atoms with Crippen molar-refractivity contribution in [1.82, 2.24) is 14.1 Å². The molecule has 116 valence electrons. The minimum atomic E-state index is -3.67. The topological polar surface area (TPSA) is 84.7 Å². The molecule has 0 spiro atoms. The molecule has 1 fully saturated rings. The van der Waals surface area contributed by atoms with Crippen LogP contribution in [0.5, 0.6) is 0 Å². The Morgan fingerprint density at radius 1 is 1.48 bits per heavy atom. The second-order valence-electron chi connectivity index (χ2n) is 5.00. The van der Waals surface area contributed by atoms with E-state index in [4.69, 9.17) is 4.74 Å². The maximum Gasteiger partial charge on any atom is 0.260 e. The van der Waals surface area contributed by atoms with Gasteiger partial charge in [-0.3, -0.25) is 4.40 Å². The predicted molar refractivity (Wildman–Crippen MR) is 81.4 cm³/mol. The predicted octanol–water partition coefficient (Wildman–Crippen LogP) is 1.28. The highest BCUT2D eigenvalue weighted by Crippen LogP contribution is 2.28. The Bertz CT molecular complexity index is 737. The second kappa shape index (κ2) is 5.56. The minimum Gasteiger partial charge on any atom is -0.380 e. The quantitative estimate of drug-likeness (QED) is 0.863.